The van der Waals surface area contributed by atoms with Gasteiger partial charge in [-0.3, -0.25) is 0 Å². The molecule has 6 heteroatoms. The monoisotopic (exact) mass is 408 g/mol. The summed E-state index contributed by atoms with van der Waals surface area (Å²) in [7, 11) is 0. The van der Waals surface area contributed by atoms with E-state index >= 15 is 0 Å². The molecule has 0 amide bonds. The highest BCUT2D eigenvalue weighted by atomic mass is 35.5. The summed E-state index contributed by atoms with van der Waals surface area (Å²) in [6.07, 6.45) is 5.01. The van der Waals surface area contributed by atoms with Crippen molar-refractivity contribution in [2.45, 2.75) is 29.4 Å². The smallest absolute Gasteiger partial charge is 0.129 e. The summed E-state index contributed by atoms with van der Waals surface area (Å²) in [5.74, 6) is -0.948. The number of nitrogens with one attached hydrogen (secondary N) is 1. The van der Waals surface area contributed by atoms with Gasteiger partial charge in [0.25, 0.3) is 0 Å². The molecule has 2 heterocycles. The van der Waals surface area contributed by atoms with E-state index < -0.39 is 11.6 Å². The van der Waals surface area contributed by atoms with E-state index in [0.717, 1.165) is 38.5 Å². The lowest BCUT2D eigenvalue weighted by atomic mass is 10.1. The van der Waals surface area contributed by atoms with Crippen molar-refractivity contribution in [3.8, 4) is 0 Å². The number of halogens is 3. The van der Waals surface area contributed by atoms with E-state index in [-0.39, 0.29) is 12.4 Å². The van der Waals surface area contributed by atoms with E-state index in [1.165, 1.54) is 21.9 Å². The minimum atomic E-state index is -0.513. The van der Waals surface area contributed by atoms with Crippen LogP contribution in [0, 0.1) is 11.6 Å². The van der Waals surface area contributed by atoms with Gasteiger partial charge < -0.3 is 9.88 Å². The van der Waals surface area contributed by atoms with Crippen molar-refractivity contribution >= 4 is 35.1 Å². The number of hydrogen-bond acceptors (Lipinski definition) is 2. The van der Waals surface area contributed by atoms with Gasteiger partial charge in [0.1, 0.15) is 11.6 Å². The van der Waals surface area contributed by atoms with E-state index in [0.29, 0.717) is 17.2 Å². The maximum absolute atomic E-state index is 13.7. The molecule has 0 atom stereocenters. The number of piperidine rings is 1. The van der Waals surface area contributed by atoms with Crippen LogP contribution in [0.2, 0.25) is 0 Å². The number of rotatable bonds is 5. The molecule has 1 fully saturated rings. The molecular formula is C21H23ClF2N2S. The van der Waals surface area contributed by atoms with Crippen LogP contribution < -0.4 is 0 Å². The fraction of sp³-hybridized carbons (Fsp3) is 0.333. The molecule has 0 radical (unpaired) electrons. The van der Waals surface area contributed by atoms with Crippen LogP contribution in [0.15, 0.2) is 53.6 Å². The summed E-state index contributed by atoms with van der Waals surface area (Å²) in [6, 6.07) is 12.3. The number of benzene rings is 2. The number of thioether (sulfide) groups is 1. The van der Waals surface area contributed by atoms with E-state index in [1.54, 1.807) is 6.07 Å². The second-order valence-corrected chi connectivity index (χ2v) is 8.19. The van der Waals surface area contributed by atoms with Crippen molar-refractivity contribution in [2.75, 3.05) is 19.6 Å². The Kier molecular flexibility index (Phi) is 6.79. The number of fused-ring (bicyclic) bond motifs is 1. The maximum atomic E-state index is 13.7. The first-order chi connectivity index (χ1) is 12.7. The normalized spacial score (nSPS) is 15.8. The predicted octanol–water partition coefficient (Wildman–Crippen LogP) is 5.67. The van der Waals surface area contributed by atoms with Crippen LogP contribution in [-0.4, -0.2) is 34.8 Å². The lowest BCUT2D eigenvalue weighted by Crippen LogP contribution is -2.36. The Balaban J connectivity index is 0.00000210. The average molecular weight is 409 g/mol. The highest BCUT2D eigenvalue weighted by Gasteiger charge is 2.21. The van der Waals surface area contributed by atoms with E-state index in [4.69, 9.17) is 0 Å². The van der Waals surface area contributed by atoms with Gasteiger partial charge in [0.2, 0.25) is 0 Å². The summed E-state index contributed by atoms with van der Waals surface area (Å²) >= 11 is 1.96. The van der Waals surface area contributed by atoms with Gasteiger partial charge in [0.05, 0.1) is 0 Å². The number of aromatic amines is 1. The molecule has 2 aromatic carbocycles. The fourth-order valence-corrected chi connectivity index (χ4v) is 4.81. The first kappa shape index (κ1) is 20.2. The van der Waals surface area contributed by atoms with Gasteiger partial charge in [0, 0.05) is 39.9 Å². The standard InChI is InChI=1S/C21H22F2N2S.ClH/c22-16-6-5-15(19(23)13-16)7-10-25-11-8-17(9-12-25)26-21-14-24-20-4-2-1-3-18(20)21;/h1-6,13-14,17,24H,7-12H2;1H. The third-order valence-electron chi connectivity index (χ3n) is 5.09. The van der Waals surface area contributed by atoms with Crippen LogP contribution in [0.4, 0.5) is 8.78 Å². The molecule has 0 spiro atoms. The Morgan fingerprint density at radius 3 is 2.63 bits per heavy atom. The number of likely N-dealkylation sites (tertiary alicyclic amines) is 1. The number of H-pyrrole nitrogens is 1. The van der Waals surface area contributed by atoms with Crippen molar-refractivity contribution in [3.63, 3.8) is 0 Å². The fourth-order valence-electron chi connectivity index (χ4n) is 3.58. The first-order valence-corrected chi connectivity index (χ1v) is 9.96. The highest BCUT2D eigenvalue weighted by molar-refractivity contribution is 8.00. The van der Waals surface area contributed by atoms with Gasteiger partial charge in [-0.15, -0.1) is 24.2 Å². The summed E-state index contributed by atoms with van der Waals surface area (Å²) < 4.78 is 26.7. The van der Waals surface area contributed by atoms with Crippen molar-refractivity contribution in [1.29, 1.82) is 0 Å². The van der Waals surface area contributed by atoms with E-state index in [2.05, 4.69) is 40.3 Å². The molecule has 4 rings (SSSR count). The van der Waals surface area contributed by atoms with Crippen LogP contribution in [0.5, 0.6) is 0 Å². The summed E-state index contributed by atoms with van der Waals surface area (Å²) in [5.41, 5.74) is 1.79. The number of para-hydroxylation sites is 1. The van der Waals surface area contributed by atoms with Gasteiger partial charge in [-0.05, 0) is 50.0 Å². The topological polar surface area (TPSA) is 19.0 Å². The summed E-state index contributed by atoms with van der Waals surface area (Å²) in [6.45, 7) is 2.89. The molecule has 0 bridgehead atoms. The quantitative estimate of drug-likeness (QED) is 0.586. The van der Waals surface area contributed by atoms with Crippen LogP contribution >= 0.6 is 24.2 Å². The second-order valence-electron chi connectivity index (χ2n) is 6.84. The van der Waals surface area contributed by atoms with Crippen molar-refractivity contribution in [2.24, 2.45) is 0 Å². The minimum absolute atomic E-state index is 0. The predicted molar refractivity (Wildman–Crippen MR) is 111 cm³/mol. The zero-order chi connectivity index (χ0) is 17.9. The molecule has 27 heavy (non-hydrogen) atoms. The molecule has 1 aliphatic heterocycles. The Morgan fingerprint density at radius 2 is 1.85 bits per heavy atom. The van der Waals surface area contributed by atoms with Crippen LogP contribution in [0.1, 0.15) is 18.4 Å². The SMILES string of the molecule is Cl.Fc1ccc(CCN2CCC(Sc3c[nH]c4ccccc34)CC2)c(F)c1. The average Bonchev–Trinajstić information content (AvgIpc) is 3.05. The molecule has 0 unspecified atom stereocenters. The molecule has 0 aliphatic carbocycles. The van der Waals surface area contributed by atoms with Gasteiger partial charge in [-0.25, -0.2) is 8.78 Å². The first-order valence-electron chi connectivity index (χ1n) is 9.08. The zero-order valence-corrected chi connectivity index (χ0v) is 16.6. The van der Waals surface area contributed by atoms with Gasteiger partial charge >= 0.3 is 0 Å². The molecule has 1 saturated heterocycles. The van der Waals surface area contributed by atoms with Gasteiger partial charge in [-0.2, -0.15) is 0 Å². The number of aromatic nitrogens is 1. The van der Waals surface area contributed by atoms with Gasteiger partial charge in [-0.1, -0.05) is 24.3 Å². The van der Waals surface area contributed by atoms with Crippen LogP contribution in [0.3, 0.4) is 0 Å². The second kappa shape index (κ2) is 9.09. The Morgan fingerprint density at radius 1 is 1.07 bits per heavy atom. The molecule has 1 aliphatic rings. The van der Waals surface area contributed by atoms with Gasteiger partial charge in [0.15, 0.2) is 0 Å². The Bertz CT molecular complexity index is 891. The van der Waals surface area contributed by atoms with Crippen LogP contribution in [-0.2, 0) is 6.42 Å². The Hall–Kier alpha value is -1.56. The molecular weight excluding hydrogens is 386 g/mol. The maximum Gasteiger partial charge on any atom is 0.129 e. The Labute approximate surface area is 168 Å². The molecule has 0 saturated carbocycles. The number of hydrogen-bond donors (Lipinski definition) is 1. The lowest BCUT2D eigenvalue weighted by molar-refractivity contribution is 0.235. The lowest BCUT2D eigenvalue weighted by Gasteiger charge is -2.31. The summed E-state index contributed by atoms with van der Waals surface area (Å²) in [4.78, 5) is 7.05. The molecule has 144 valence electrons. The van der Waals surface area contributed by atoms with Crippen molar-refractivity contribution in [1.82, 2.24) is 9.88 Å². The van der Waals surface area contributed by atoms with Crippen molar-refractivity contribution < 1.29 is 8.78 Å². The molecule has 1 N–H and O–H groups in total. The number of nitrogens with zero attached hydrogens (tertiary/aromatic N) is 1. The summed E-state index contributed by atoms with van der Waals surface area (Å²) in [5, 5.41) is 1.92. The van der Waals surface area contributed by atoms with Crippen LogP contribution in [0.25, 0.3) is 10.9 Å². The largest absolute Gasteiger partial charge is 0.360 e. The molecule has 2 nitrogen and oxygen atoms in total. The van der Waals surface area contributed by atoms with E-state index in [1.807, 2.05) is 11.8 Å². The third-order valence-corrected chi connectivity index (χ3v) is 6.49. The highest BCUT2D eigenvalue weighted by Crippen LogP contribution is 2.35. The molecule has 3 aromatic rings. The van der Waals surface area contributed by atoms with Crippen molar-refractivity contribution in [3.05, 3.63) is 65.9 Å². The van der Waals surface area contributed by atoms with E-state index in [9.17, 15) is 8.78 Å². The molecule has 1 aromatic heterocycles. The zero-order valence-electron chi connectivity index (χ0n) is 15.0. The third kappa shape index (κ3) is 4.84. The minimum Gasteiger partial charge on any atom is -0.360 e.